The summed E-state index contributed by atoms with van der Waals surface area (Å²) in [6.07, 6.45) is 0. The minimum absolute atomic E-state index is 1.16. The topological polar surface area (TPSA) is 0 Å². The van der Waals surface area contributed by atoms with Gasteiger partial charge in [-0.1, -0.05) is 30.6 Å². The van der Waals surface area contributed by atoms with E-state index in [1.54, 1.807) is 0 Å². The molecule has 0 N–H and O–H groups in total. The molecule has 0 aliphatic carbocycles. The van der Waals surface area contributed by atoms with Crippen LogP contribution in [0.1, 0.15) is 6.92 Å². The normalized spacial score (nSPS) is 9.70. The second-order valence-corrected chi connectivity index (χ2v) is 3.50. The van der Waals surface area contributed by atoms with Crippen LogP contribution in [0.5, 0.6) is 0 Å². The van der Waals surface area contributed by atoms with E-state index in [0.29, 0.717) is 0 Å². The van der Waals surface area contributed by atoms with Crippen molar-refractivity contribution >= 4 is 25.1 Å². The van der Waals surface area contributed by atoms with Gasteiger partial charge >= 0.3 is 0 Å². The molecule has 10 heavy (non-hydrogen) atoms. The number of benzene rings is 1. The van der Waals surface area contributed by atoms with Crippen LogP contribution in [0.4, 0.5) is 0 Å². The molecule has 2 heteroatoms. The van der Waals surface area contributed by atoms with Gasteiger partial charge in [-0.15, -0.1) is 11.8 Å². The van der Waals surface area contributed by atoms with Crippen LogP contribution in [0.15, 0.2) is 29.2 Å². The van der Waals surface area contributed by atoms with Crippen LogP contribution in [0, 0.1) is 0 Å². The third-order valence-corrected chi connectivity index (χ3v) is 2.45. The second kappa shape index (κ2) is 3.72. The summed E-state index contributed by atoms with van der Waals surface area (Å²) in [6, 6.07) is 8.49. The fourth-order valence-electron chi connectivity index (χ4n) is 0.874. The van der Waals surface area contributed by atoms with Gasteiger partial charge in [-0.05, 0) is 11.8 Å². The SMILES string of the molecule is Bc1ccccc1SCC. The van der Waals surface area contributed by atoms with Crippen LogP contribution in [0.25, 0.3) is 0 Å². The summed E-state index contributed by atoms with van der Waals surface area (Å²) in [6.45, 7) is 2.18. The van der Waals surface area contributed by atoms with Gasteiger partial charge < -0.3 is 0 Å². The van der Waals surface area contributed by atoms with E-state index < -0.39 is 0 Å². The summed E-state index contributed by atoms with van der Waals surface area (Å²) >= 11 is 1.90. The molecule has 0 heterocycles. The molecule has 0 radical (unpaired) electrons. The first-order valence-electron chi connectivity index (χ1n) is 3.53. The van der Waals surface area contributed by atoms with E-state index in [1.165, 1.54) is 10.4 Å². The maximum Gasteiger partial charge on any atom is 0.140 e. The zero-order chi connectivity index (χ0) is 7.40. The molecule has 0 unspecified atom stereocenters. The van der Waals surface area contributed by atoms with Crippen molar-refractivity contribution in [2.75, 3.05) is 5.75 Å². The predicted octanol–water partition coefficient (Wildman–Crippen LogP) is 1.06. The molecule has 0 fully saturated rings. The fraction of sp³-hybridized carbons (Fsp3) is 0.250. The Balaban J connectivity index is 2.81. The van der Waals surface area contributed by atoms with Crippen molar-refractivity contribution in [1.29, 1.82) is 0 Å². The highest BCUT2D eigenvalue weighted by molar-refractivity contribution is 7.99. The largest absolute Gasteiger partial charge is 0.140 e. The summed E-state index contributed by atoms with van der Waals surface area (Å²) in [4.78, 5) is 1.41. The molecule has 0 aliphatic heterocycles. The van der Waals surface area contributed by atoms with Crippen LogP contribution in [-0.2, 0) is 0 Å². The van der Waals surface area contributed by atoms with Crippen LogP contribution in [-0.4, -0.2) is 13.6 Å². The van der Waals surface area contributed by atoms with Gasteiger partial charge in [0.2, 0.25) is 0 Å². The molecule has 0 nitrogen and oxygen atoms in total. The van der Waals surface area contributed by atoms with E-state index >= 15 is 0 Å². The lowest BCUT2D eigenvalue weighted by molar-refractivity contribution is 1.47. The molecule has 0 atom stereocenters. The van der Waals surface area contributed by atoms with E-state index in [4.69, 9.17) is 0 Å². The summed E-state index contributed by atoms with van der Waals surface area (Å²) in [5.41, 5.74) is 1.38. The molecule has 0 aliphatic rings. The number of rotatable bonds is 2. The van der Waals surface area contributed by atoms with Crippen LogP contribution in [0.2, 0.25) is 0 Å². The third kappa shape index (κ3) is 1.81. The Labute approximate surface area is 67.4 Å². The third-order valence-electron chi connectivity index (χ3n) is 1.39. The Morgan fingerprint density at radius 1 is 1.40 bits per heavy atom. The maximum atomic E-state index is 2.18. The lowest BCUT2D eigenvalue weighted by atomic mass is 9.97. The quantitative estimate of drug-likeness (QED) is 0.448. The number of hydrogen-bond acceptors (Lipinski definition) is 1. The molecule has 0 saturated carbocycles. The Morgan fingerprint density at radius 3 is 2.70 bits per heavy atom. The van der Waals surface area contributed by atoms with Crippen molar-refractivity contribution in [2.24, 2.45) is 0 Å². The van der Waals surface area contributed by atoms with Crippen molar-refractivity contribution in [1.82, 2.24) is 0 Å². The van der Waals surface area contributed by atoms with Crippen LogP contribution < -0.4 is 5.46 Å². The summed E-state index contributed by atoms with van der Waals surface area (Å²) < 4.78 is 0. The first-order valence-corrected chi connectivity index (χ1v) is 4.51. The molecule has 0 aromatic heterocycles. The van der Waals surface area contributed by atoms with Gasteiger partial charge in [0.25, 0.3) is 0 Å². The summed E-state index contributed by atoms with van der Waals surface area (Å²) in [7, 11) is 2.15. The highest BCUT2D eigenvalue weighted by Gasteiger charge is 1.92. The smallest absolute Gasteiger partial charge is 0.127 e. The number of thioether (sulfide) groups is 1. The van der Waals surface area contributed by atoms with E-state index in [2.05, 4.69) is 39.0 Å². The Bertz CT molecular complexity index is 210. The van der Waals surface area contributed by atoms with Gasteiger partial charge in [-0.25, -0.2) is 0 Å². The Morgan fingerprint density at radius 2 is 2.10 bits per heavy atom. The molecule has 0 spiro atoms. The second-order valence-electron chi connectivity index (χ2n) is 2.20. The lowest BCUT2D eigenvalue weighted by Crippen LogP contribution is -2.04. The van der Waals surface area contributed by atoms with E-state index in [-0.39, 0.29) is 0 Å². The molecular formula is C8H11BS. The minimum atomic E-state index is 1.16. The fourth-order valence-corrected chi connectivity index (χ4v) is 1.66. The lowest BCUT2D eigenvalue weighted by Gasteiger charge is -2.00. The van der Waals surface area contributed by atoms with E-state index in [1.807, 2.05) is 11.8 Å². The standard InChI is InChI=1S/C8H11BS/c1-2-10-8-6-4-3-5-7(8)9/h3-6H,2,9H2,1H3. The first kappa shape index (κ1) is 7.74. The predicted molar refractivity (Wildman–Crippen MR) is 51.0 cm³/mol. The molecule has 1 aromatic rings. The van der Waals surface area contributed by atoms with Gasteiger partial charge in [0.1, 0.15) is 7.85 Å². The van der Waals surface area contributed by atoms with Gasteiger partial charge in [0.05, 0.1) is 0 Å². The molecular weight excluding hydrogens is 139 g/mol. The molecule has 1 rings (SSSR count). The zero-order valence-corrected chi connectivity index (χ0v) is 7.24. The van der Waals surface area contributed by atoms with Gasteiger partial charge in [0, 0.05) is 4.90 Å². The molecule has 1 aromatic carbocycles. The summed E-state index contributed by atoms with van der Waals surface area (Å²) in [5.74, 6) is 1.16. The van der Waals surface area contributed by atoms with Crippen LogP contribution >= 0.6 is 11.8 Å². The monoisotopic (exact) mass is 150 g/mol. The van der Waals surface area contributed by atoms with Crippen molar-refractivity contribution < 1.29 is 0 Å². The van der Waals surface area contributed by atoms with E-state index in [0.717, 1.165) is 5.75 Å². The van der Waals surface area contributed by atoms with Crippen LogP contribution in [0.3, 0.4) is 0 Å². The molecule has 0 bridgehead atoms. The Kier molecular flexibility index (Phi) is 2.88. The Hall–Kier alpha value is -0.365. The van der Waals surface area contributed by atoms with Crippen molar-refractivity contribution in [3.63, 3.8) is 0 Å². The van der Waals surface area contributed by atoms with Gasteiger partial charge in [0.15, 0.2) is 0 Å². The van der Waals surface area contributed by atoms with Gasteiger partial charge in [-0.3, -0.25) is 0 Å². The minimum Gasteiger partial charge on any atom is -0.127 e. The van der Waals surface area contributed by atoms with Crippen molar-refractivity contribution in [2.45, 2.75) is 11.8 Å². The molecule has 0 saturated heterocycles. The number of hydrogen-bond donors (Lipinski definition) is 0. The van der Waals surface area contributed by atoms with E-state index in [9.17, 15) is 0 Å². The average Bonchev–Trinajstić information content (AvgIpc) is 1.94. The summed E-state index contributed by atoms with van der Waals surface area (Å²) in [5, 5.41) is 0. The van der Waals surface area contributed by atoms with Gasteiger partial charge in [-0.2, -0.15) is 0 Å². The first-order chi connectivity index (χ1) is 4.84. The average molecular weight is 150 g/mol. The van der Waals surface area contributed by atoms with Crippen molar-refractivity contribution in [3.05, 3.63) is 24.3 Å². The maximum absolute atomic E-state index is 2.18. The molecule has 0 amide bonds. The highest BCUT2D eigenvalue weighted by atomic mass is 32.2. The molecule has 52 valence electrons. The van der Waals surface area contributed by atoms with Crippen molar-refractivity contribution in [3.8, 4) is 0 Å². The highest BCUT2D eigenvalue weighted by Crippen LogP contribution is 2.12. The zero-order valence-electron chi connectivity index (χ0n) is 6.42.